The zero-order valence-corrected chi connectivity index (χ0v) is 14.1. The molecule has 0 heterocycles. The lowest BCUT2D eigenvalue weighted by Crippen LogP contribution is -2.48. The van der Waals surface area contributed by atoms with Crippen molar-refractivity contribution in [2.24, 2.45) is 11.8 Å². The van der Waals surface area contributed by atoms with Crippen LogP contribution in [0.25, 0.3) is 0 Å². The fourth-order valence-corrected chi connectivity index (χ4v) is 2.96. The molecule has 0 radical (unpaired) electrons. The summed E-state index contributed by atoms with van der Waals surface area (Å²) in [7, 11) is 0. The molecule has 0 aromatic heterocycles. The maximum Gasteiger partial charge on any atom is 0.317 e. The van der Waals surface area contributed by atoms with E-state index in [1.807, 2.05) is 6.92 Å². The van der Waals surface area contributed by atoms with E-state index < -0.39 is 5.97 Å². The van der Waals surface area contributed by atoms with Crippen molar-refractivity contribution in [3.8, 4) is 0 Å². The quantitative estimate of drug-likeness (QED) is 0.754. The number of carboxylic acids is 1. The second-order valence-corrected chi connectivity index (χ2v) is 6.05. The lowest BCUT2D eigenvalue weighted by atomic mass is 9.78. The average Bonchev–Trinajstić information content (AvgIpc) is 2.34. The fraction of sp³-hybridized carbons (Fsp3) is 0.867. The highest BCUT2D eigenvalue weighted by Gasteiger charge is 2.28. The standard InChI is InChI=1S/C15H28N2O3.ClH/c1-4-8-17(10-15(19)20)9-14(18)16-13-7-5-6-11(2)12(13)3;/h11-13H,4-10H2,1-3H3,(H,16,18)(H,19,20);1H. The molecular formula is C15H29ClN2O3. The molecule has 0 spiro atoms. The van der Waals surface area contributed by atoms with E-state index >= 15 is 0 Å². The zero-order chi connectivity index (χ0) is 15.1. The molecule has 2 N–H and O–H groups in total. The van der Waals surface area contributed by atoms with Gasteiger partial charge in [-0.2, -0.15) is 0 Å². The van der Waals surface area contributed by atoms with E-state index in [0.29, 0.717) is 18.4 Å². The minimum Gasteiger partial charge on any atom is -0.480 e. The normalized spacial score (nSPS) is 25.2. The number of halogens is 1. The molecule has 1 rings (SSSR count). The van der Waals surface area contributed by atoms with E-state index in [9.17, 15) is 9.59 Å². The predicted molar refractivity (Wildman–Crippen MR) is 85.7 cm³/mol. The first-order chi connectivity index (χ1) is 9.43. The van der Waals surface area contributed by atoms with Crippen molar-refractivity contribution < 1.29 is 14.7 Å². The van der Waals surface area contributed by atoms with E-state index in [4.69, 9.17) is 5.11 Å². The van der Waals surface area contributed by atoms with Crippen molar-refractivity contribution in [3.63, 3.8) is 0 Å². The van der Waals surface area contributed by atoms with Crippen molar-refractivity contribution in [3.05, 3.63) is 0 Å². The van der Waals surface area contributed by atoms with Gasteiger partial charge >= 0.3 is 5.97 Å². The summed E-state index contributed by atoms with van der Waals surface area (Å²) in [6.45, 7) is 7.15. The number of amides is 1. The highest BCUT2D eigenvalue weighted by atomic mass is 35.5. The molecule has 1 fully saturated rings. The Kier molecular flexibility index (Phi) is 9.62. The van der Waals surface area contributed by atoms with Crippen LogP contribution < -0.4 is 5.32 Å². The number of carboxylic acid groups (broad SMARTS) is 1. The van der Waals surface area contributed by atoms with Crippen molar-refractivity contribution in [2.75, 3.05) is 19.6 Å². The maximum atomic E-state index is 12.1. The Hall–Kier alpha value is -0.810. The summed E-state index contributed by atoms with van der Waals surface area (Å²) in [4.78, 5) is 24.6. The van der Waals surface area contributed by atoms with Gasteiger partial charge in [-0.15, -0.1) is 12.4 Å². The molecule has 1 aliphatic rings. The highest BCUT2D eigenvalue weighted by molar-refractivity contribution is 5.85. The minimum absolute atomic E-state index is 0. The summed E-state index contributed by atoms with van der Waals surface area (Å²) >= 11 is 0. The van der Waals surface area contributed by atoms with Crippen molar-refractivity contribution in [1.82, 2.24) is 10.2 Å². The van der Waals surface area contributed by atoms with Crippen molar-refractivity contribution in [1.29, 1.82) is 0 Å². The van der Waals surface area contributed by atoms with E-state index in [1.54, 1.807) is 4.90 Å². The van der Waals surface area contributed by atoms with Gasteiger partial charge in [-0.05, 0) is 31.2 Å². The van der Waals surface area contributed by atoms with Gasteiger partial charge in [-0.1, -0.05) is 33.6 Å². The van der Waals surface area contributed by atoms with Crippen LogP contribution in [0.5, 0.6) is 0 Å². The molecule has 3 unspecified atom stereocenters. The average molecular weight is 321 g/mol. The van der Waals surface area contributed by atoms with Gasteiger partial charge in [0.15, 0.2) is 0 Å². The molecule has 0 saturated heterocycles. The van der Waals surface area contributed by atoms with Gasteiger partial charge in [0, 0.05) is 6.04 Å². The summed E-state index contributed by atoms with van der Waals surface area (Å²) in [5, 5.41) is 11.9. The number of nitrogens with one attached hydrogen (secondary N) is 1. The largest absolute Gasteiger partial charge is 0.480 e. The lowest BCUT2D eigenvalue weighted by molar-refractivity contribution is -0.138. The van der Waals surface area contributed by atoms with Crippen LogP contribution in [0.2, 0.25) is 0 Å². The third kappa shape index (κ3) is 7.14. The van der Waals surface area contributed by atoms with Gasteiger partial charge in [0.2, 0.25) is 5.91 Å². The van der Waals surface area contributed by atoms with Crippen LogP contribution in [0.1, 0.15) is 46.5 Å². The predicted octanol–water partition coefficient (Wildman–Crippen LogP) is 2.15. The van der Waals surface area contributed by atoms with Crippen LogP contribution >= 0.6 is 12.4 Å². The number of rotatable bonds is 7. The van der Waals surface area contributed by atoms with Crippen LogP contribution in [-0.4, -0.2) is 47.6 Å². The third-order valence-electron chi connectivity index (χ3n) is 4.32. The molecule has 0 aromatic rings. The first kappa shape index (κ1) is 20.2. The summed E-state index contributed by atoms with van der Waals surface area (Å²) < 4.78 is 0. The van der Waals surface area contributed by atoms with Gasteiger partial charge in [-0.3, -0.25) is 14.5 Å². The Morgan fingerprint density at radius 2 is 1.90 bits per heavy atom. The number of hydrogen-bond acceptors (Lipinski definition) is 3. The molecule has 1 amide bonds. The molecule has 6 heteroatoms. The van der Waals surface area contributed by atoms with Crippen LogP contribution in [0.4, 0.5) is 0 Å². The topological polar surface area (TPSA) is 69.6 Å². The number of aliphatic carboxylic acids is 1. The Bertz CT molecular complexity index is 339. The summed E-state index contributed by atoms with van der Waals surface area (Å²) in [5.74, 6) is 0.197. The number of carbonyl (C=O) groups is 2. The molecule has 124 valence electrons. The van der Waals surface area contributed by atoms with Gasteiger partial charge < -0.3 is 10.4 Å². The Morgan fingerprint density at radius 1 is 1.24 bits per heavy atom. The summed E-state index contributed by atoms with van der Waals surface area (Å²) in [5.41, 5.74) is 0. The van der Waals surface area contributed by atoms with E-state index in [0.717, 1.165) is 19.3 Å². The van der Waals surface area contributed by atoms with Crippen LogP contribution in [0.3, 0.4) is 0 Å². The fourth-order valence-electron chi connectivity index (χ4n) is 2.96. The maximum absolute atomic E-state index is 12.1. The van der Waals surface area contributed by atoms with E-state index in [2.05, 4.69) is 19.2 Å². The van der Waals surface area contributed by atoms with E-state index in [1.165, 1.54) is 6.42 Å². The summed E-state index contributed by atoms with van der Waals surface area (Å²) in [6.07, 6.45) is 4.26. The third-order valence-corrected chi connectivity index (χ3v) is 4.32. The molecule has 1 aliphatic carbocycles. The molecule has 0 aliphatic heterocycles. The lowest BCUT2D eigenvalue weighted by Gasteiger charge is -2.35. The smallest absolute Gasteiger partial charge is 0.317 e. The minimum atomic E-state index is -0.883. The number of hydrogen-bond donors (Lipinski definition) is 2. The molecule has 0 bridgehead atoms. The number of nitrogens with zero attached hydrogens (tertiary/aromatic N) is 1. The number of carbonyl (C=O) groups excluding carboxylic acids is 1. The molecule has 1 saturated carbocycles. The SMILES string of the molecule is CCCN(CC(=O)O)CC(=O)NC1CCCC(C)C1C.Cl. The molecular weight excluding hydrogens is 292 g/mol. The Balaban J connectivity index is 0.00000400. The molecule has 5 nitrogen and oxygen atoms in total. The van der Waals surface area contributed by atoms with Crippen molar-refractivity contribution in [2.45, 2.75) is 52.5 Å². The second kappa shape index (κ2) is 10.0. The molecule has 21 heavy (non-hydrogen) atoms. The first-order valence-corrected chi connectivity index (χ1v) is 7.67. The second-order valence-electron chi connectivity index (χ2n) is 6.05. The van der Waals surface area contributed by atoms with Crippen molar-refractivity contribution >= 4 is 24.3 Å². The highest BCUT2D eigenvalue weighted by Crippen LogP contribution is 2.29. The Morgan fingerprint density at radius 3 is 2.48 bits per heavy atom. The van der Waals surface area contributed by atoms with Gasteiger partial charge in [-0.25, -0.2) is 0 Å². The van der Waals surface area contributed by atoms with Crippen LogP contribution in [0.15, 0.2) is 0 Å². The first-order valence-electron chi connectivity index (χ1n) is 7.67. The molecule has 3 atom stereocenters. The van der Waals surface area contributed by atoms with Gasteiger partial charge in [0.1, 0.15) is 0 Å². The Labute approximate surface area is 133 Å². The van der Waals surface area contributed by atoms with Crippen LogP contribution in [0, 0.1) is 11.8 Å². The monoisotopic (exact) mass is 320 g/mol. The summed E-state index contributed by atoms with van der Waals surface area (Å²) in [6, 6.07) is 0.236. The van der Waals surface area contributed by atoms with Gasteiger partial charge in [0.25, 0.3) is 0 Å². The van der Waals surface area contributed by atoms with Gasteiger partial charge in [0.05, 0.1) is 13.1 Å². The van der Waals surface area contributed by atoms with E-state index in [-0.39, 0.29) is 37.4 Å². The van der Waals surface area contributed by atoms with Crippen LogP contribution in [-0.2, 0) is 9.59 Å². The molecule has 0 aromatic carbocycles. The zero-order valence-electron chi connectivity index (χ0n) is 13.3.